The van der Waals surface area contributed by atoms with Gasteiger partial charge in [-0.2, -0.15) is 5.10 Å². The zero-order valence-electron chi connectivity index (χ0n) is 12.4. The Balaban J connectivity index is 1.98. The normalized spacial score (nSPS) is 17.7. The molecule has 1 aliphatic heterocycles. The number of nitrogens with one attached hydrogen (secondary N) is 1. The number of likely N-dealkylation sites (tertiary alicyclic amines) is 1. The third-order valence-corrected chi connectivity index (χ3v) is 4.04. The number of piperidine rings is 1. The monoisotopic (exact) mass is 314 g/mol. The minimum atomic E-state index is -0.374. The fraction of sp³-hybridized carbons (Fsp3) is 0.714. The van der Waals surface area contributed by atoms with E-state index >= 15 is 0 Å². The first kappa shape index (κ1) is 16.3. The second-order valence-electron chi connectivity index (χ2n) is 5.53. The average Bonchev–Trinajstić information content (AvgIpc) is 2.48. The summed E-state index contributed by atoms with van der Waals surface area (Å²) in [6.07, 6.45) is 5.38. The molecule has 0 amide bonds. The molecule has 0 aliphatic carbocycles. The van der Waals surface area contributed by atoms with Crippen molar-refractivity contribution in [3.8, 4) is 0 Å². The Morgan fingerprint density at radius 2 is 2.14 bits per heavy atom. The van der Waals surface area contributed by atoms with Crippen LogP contribution in [0, 0.1) is 0 Å². The second kappa shape index (κ2) is 7.77. The van der Waals surface area contributed by atoms with Crippen LogP contribution in [-0.2, 0) is 6.54 Å². The Morgan fingerprint density at radius 3 is 2.81 bits per heavy atom. The van der Waals surface area contributed by atoms with Crippen molar-refractivity contribution in [2.75, 3.05) is 31.6 Å². The van der Waals surface area contributed by atoms with Crippen LogP contribution >= 0.6 is 11.6 Å². The first-order valence-corrected chi connectivity index (χ1v) is 7.85. The molecule has 0 bridgehead atoms. The third-order valence-electron chi connectivity index (χ3n) is 3.68. The standard InChI is InChI=1S/C14H23ClN4O2/c1-11(10-18-5-3-2-4-6-18)17-12-9-16-19(7-8-20)14(21)13(12)15/h9,11,17,20H,2-8,10H2,1H3. The van der Waals surface area contributed by atoms with Gasteiger partial charge in [0, 0.05) is 12.6 Å². The highest BCUT2D eigenvalue weighted by Gasteiger charge is 2.15. The van der Waals surface area contributed by atoms with Gasteiger partial charge in [0.05, 0.1) is 25.0 Å². The molecule has 1 unspecified atom stereocenters. The predicted octanol–water partition coefficient (Wildman–Crippen LogP) is 1.18. The summed E-state index contributed by atoms with van der Waals surface area (Å²) in [7, 11) is 0. The fourth-order valence-corrected chi connectivity index (χ4v) is 2.86. The molecule has 21 heavy (non-hydrogen) atoms. The van der Waals surface area contributed by atoms with E-state index in [1.54, 1.807) is 6.20 Å². The molecular weight excluding hydrogens is 292 g/mol. The summed E-state index contributed by atoms with van der Waals surface area (Å²) >= 11 is 6.09. The number of nitrogens with zero attached hydrogens (tertiary/aromatic N) is 3. The van der Waals surface area contributed by atoms with Crippen LogP contribution in [0.5, 0.6) is 0 Å². The molecule has 0 spiro atoms. The maximum Gasteiger partial charge on any atom is 0.287 e. The van der Waals surface area contributed by atoms with E-state index in [0.717, 1.165) is 19.6 Å². The zero-order chi connectivity index (χ0) is 15.2. The number of aliphatic hydroxyl groups is 1. The molecule has 1 atom stereocenters. The van der Waals surface area contributed by atoms with Crippen molar-refractivity contribution in [2.24, 2.45) is 0 Å². The van der Waals surface area contributed by atoms with Crippen molar-refractivity contribution >= 4 is 17.3 Å². The number of aliphatic hydroxyl groups excluding tert-OH is 1. The van der Waals surface area contributed by atoms with Crippen LogP contribution in [0.15, 0.2) is 11.0 Å². The number of anilines is 1. The number of rotatable bonds is 6. The lowest BCUT2D eigenvalue weighted by atomic mass is 10.1. The van der Waals surface area contributed by atoms with Gasteiger partial charge in [0.2, 0.25) is 0 Å². The summed E-state index contributed by atoms with van der Waals surface area (Å²) in [6.45, 7) is 5.29. The quantitative estimate of drug-likeness (QED) is 0.825. The summed E-state index contributed by atoms with van der Waals surface area (Å²) < 4.78 is 1.17. The molecule has 1 aromatic rings. The van der Waals surface area contributed by atoms with E-state index < -0.39 is 0 Å². The molecule has 2 rings (SSSR count). The lowest BCUT2D eigenvalue weighted by Crippen LogP contribution is -2.38. The minimum Gasteiger partial charge on any atom is -0.394 e. The van der Waals surface area contributed by atoms with E-state index in [9.17, 15) is 4.79 Å². The predicted molar refractivity (Wildman–Crippen MR) is 84.0 cm³/mol. The highest BCUT2D eigenvalue weighted by Crippen LogP contribution is 2.17. The molecular formula is C14H23ClN4O2. The van der Waals surface area contributed by atoms with E-state index in [2.05, 4.69) is 22.2 Å². The highest BCUT2D eigenvalue weighted by atomic mass is 35.5. The van der Waals surface area contributed by atoms with Gasteiger partial charge in [-0.3, -0.25) is 4.79 Å². The summed E-state index contributed by atoms with van der Waals surface area (Å²) in [5, 5.41) is 16.3. The van der Waals surface area contributed by atoms with Crippen LogP contribution in [0.3, 0.4) is 0 Å². The molecule has 6 nitrogen and oxygen atoms in total. The number of aromatic nitrogens is 2. The zero-order valence-corrected chi connectivity index (χ0v) is 13.1. The largest absolute Gasteiger partial charge is 0.394 e. The third kappa shape index (κ3) is 4.43. The van der Waals surface area contributed by atoms with Crippen molar-refractivity contribution in [1.29, 1.82) is 0 Å². The average molecular weight is 315 g/mol. The van der Waals surface area contributed by atoms with Crippen LogP contribution in [-0.4, -0.2) is 52.1 Å². The SMILES string of the molecule is CC(CN1CCCCC1)Nc1cnn(CCO)c(=O)c1Cl. The Labute approximate surface area is 129 Å². The topological polar surface area (TPSA) is 70.4 Å². The Kier molecular flexibility index (Phi) is 6.02. The van der Waals surface area contributed by atoms with Gasteiger partial charge >= 0.3 is 0 Å². The van der Waals surface area contributed by atoms with Gasteiger partial charge in [0.1, 0.15) is 5.02 Å². The van der Waals surface area contributed by atoms with Gasteiger partial charge in [0.15, 0.2) is 0 Å². The van der Waals surface area contributed by atoms with Crippen LogP contribution in [0.25, 0.3) is 0 Å². The van der Waals surface area contributed by atoms with Gasteiger partial charge in [-0.1, -0.05) is 18.0 Å². The van der Waals surface area contributed by atoms with Crippen molar-refractivity contribution in [3.05, 3.63) is 21.6 Å². The van der Waals surface area contributed by atoms with E-state index in [1.807, 2.05) is 0 Å². The molecule has 1 fully saturated rings. The van der Waals surface area contributed by atoms with E-state index in [0.29, 0.717) is 5.69 Å². The summed E-state index contributed by atoms with van der Waals surface area (Å²) in [5.41, 5.74) is 0.182. The number of hydrogen-bond acceptors (Lipinski definition) is 5. The summed E-state index contributed by atoms with van der Waals surface area (Å²) in [4.78, 5) is 14.4. The Bertz CT molecular complexity index is 514. The molecule has 1 saturated heterocycles. The molecule has 1 aliphatic rings. The summed E-state index contributed by atoms with van der Waals surface area (Å²) in [5.74, 6) is 0. The van der Waals surface area contributed by atoms with E-state index in [-0.39, 0.29) is 29.8 Å². The van der Waals surface area contributed by atoms with Gasteiger partial charge in [-0.25, -0.2) is 4.68 Å². The summed E-state index contributed by atoms with van der Waals surface area (Å²) in [6, 6.07) is 0.190. The number of halogens is 1. The van der Waals surface area contributed by atoms with Crippen molar-refractivity contribution in [3.63, 3.8) is 0 Å². The van der Waals surface area contributed by atoms with Crippen LogP contribution in [0.4, 0.5) is 5.69 Å². The van der Waals surface area contributed by atoms with Gasteiger partial charge < -0.3 is 15.3 Å². The van der Waals surface area contributed by atoms with Crippen molar-refractivity contribution < 1.29 is 5.11 Å². The maximum atomic E-state index is 12.0. The van der Waals surface area contributed by atoms with Gasteiger partial charge in [0.25, 0.3) is 5.56 Å². The molecule has 0 radical (unpaired) electrons. The fourth-order valence-electron chi connectivity index (χ4n) is 2.66. The van der Waals surface area contributed by atoms with Crippen LogP contribution in [0.2, 0.25) is 5.02 Å². The molecule has 7 heteroatoms. The molecule has 0 saturated carbocycles. The molecule has 2 heterocycles. The molecule has 2 N–H and O–H groups in total. The lowest BCUT2D eigenvalue weighted by molar-refractivity contribution is 0.223. The minimum absolute atomic E-state index is 0.129. The highest BCUT2D eigenvalue weighted by molar-refractivity contribution is 6.32. The lowest BCUT2D eigenvalue weighted by Gasteiger charge is -2.29. The van der Waals surface area contributed by atoms with Crippen molar-refractivity contribution in [1.82, 2.24) is 14.7 Å². The van der Waals surface area contributed by atoms with Crippen molar-refractivity contribution in [2.45, 2.75) is 38.8 Å². The van der Waals surface area contributed by atoms with Gasteiger partial charge in [-0.05, 0) is 32.9 Å². The first-order valence-electron chi connectivity index (χ1n) is 7.47. The van der Waals surface area contributed by atoms with Crippen LogP contribution in [0.1, 0.15) is 26.2 Å². The Morgan fingerprint density at radius 1 is 1.43 bits per heavy atom. The second-order valence-corrected chi connectivity index (χ2v) is 5.91. The molecule has 118 valence electrons. The molecule has 0 aromatic carbocycles. The smallest absolute Gasteiger partial charge is 0.287 e. The van der Waals surface area contributed by atoms with Crippen LogP contribution < -0.4 is 10.9 Å². The number of hydrogen-bond donors (Lipinski definition) is 2. The van der Waals surface area contributed by atoms with E-state index in [1.165, 1.54) is 23.9 Å². The van der Waals surface area contributed by atoms with Gasteiger partial charge in [-0.15, -0.1) is 0 Å². The molecule has 1 aromatic heterocycles. The maximum absolute atomic E-state index is 12.0. The first-order chi connectivity index (χ1) is 10.1. The van der Waals surface area contributed by atoms with E-state index in [4.69, 9.17) is 16.7 Å². The Hall–Kier alpha value is -1.11.